The average Bonchev–Trinajstić information content (AvgIpc) is 2.82. The summed E-state index contributed by atoms with van der Waals surface area (Å²) < 4.78 is 10.8. The molecule has 0 bridgehead atoms. The van der Waals surface area contributed by atoms with Gasteiger partial charge in [0, 0.05) is 0 Å². The first kappa shape index (κ1) is 22.8. The van der Waals surface area contributed by atoms with E-state index in [2.05, 4.69) is 18.2 Å². The highest BCUT2D eigenvalue weighted by Gasteiger charge is 2.42. The standard InChI is InChI=1S/C27H32O4/c1-30-26(29)27(19-23-13-7-3-8-14-23,18-17-22-11-5-2-6-12-22)20-25(28)31-21-24-15-9-4-10-16-24/h2,4-6,9-13,15-16H,3,7-8,14,17-21H2,1H3. The van der Waals surface area contributed by atoms with Gasteiger partial charge >= 0.3 is 11.9 Å². The van der Waals surface area contributed by atoms with E-state index in [0.717, 1.165) is 30.4 Å². The molecule has 0 saturated carbocycles. The van der Waals surface area contributed by atoms with Crippen LogP contribution in [0.3, 0.4) is 0 Å². The van der Waals surface area contributed by atoms with E-state index < -0.39 is 5.41 Å². The number of allylic oxidation sites excluding steroid dienone is 2. The van der Waals surface area contributed by atoms with E-state index in [9.17, 15) is 9.59 Å². The van der Waals surface area contributed by atoms with Crippen LogP contribution in [0.2, 0.25) is 0 Å². The first-order valence-electron chi connectivity index (χ1n) is 11.1. The van der Waals surface area contributed by atoms with Crippen molar-refractivity contribution < 1.29 is 19.1 Å². The molecular weight excluding hydrogens is 388 g/mol. The van der Waals surface area contributed by atoms with E-state index in [1.54, 1.807) is 0 Å². The molecule has 0 saturated heterocycles. The number of carbonyl (C=O) groups is 2. The molecule has 1 atom stereocenters. The van der Waals surface area contributed by atoms with Crippen LogP contribution in [0.15, 0.2) is 72.3 Å². The highest BCUT2D eigenvalue weighted by atomic mass is 16.5. The van der Waals surface area contributed by atoms with Crippen LogP contribution in [0.25, 0.3) is 0 Å². The lowest BCUT2D eigenvalue weighted by Crippen LogP contribution is -2.36. The van der Waals surface area contributed by atoms with E-state index in [1.165, 1.54) is 19.1 Å². The van der Waals surface area contributed by atoms with Crippen LogP contribution in [-0.2, 0) is 32.1 Å². The van der Waals surface area contributed by atoms with Gasteiger partial charge in [0.2, 0.25) is 0 Å². The summed E-state index contributed by atoms with van der Waals surface area (Å²) in [6.45, 7) is 0.207. The lowest BCUT2D eigenvalue weighted by atomic mass is 9.72. The minimum absolute atomic E-state index is 0.0245. The predicted molar refractivity (Wildman–Crippen MR) is 121 cm³/mol. The van der Waals surface area contributed by atoms with Crippen LogP contribution >= 0.6 is 0 Å². The topological polar surface area (TPSA) is 52.6 Å². The van der Waals surface area contributed by atoms with Crippen molar-refractivity contribution in [3.63, 3.8) is 0 Å². The van der Waals surface area contributed by atoms with E-state index in [-0.39, 0.29) is 25.0 Å². The number of hydrogen-bond acceptors (Lipinski definition) is 4. The SMILES string of the molecule is COC(=O)C(CCc1ccccc1)(CC(=O)OCc1ccccc1)CC1=CCCCC1. The number of rotatable bonds is 10. The molecular formula is C27H32O4. The predicted octanol–water partition coefficient (Wildman–Crippen LogP) is 5.80. The van der Waals surface area contributed by atoms with Crippen LogP contribution in [-0.4, -0.2) is 19.0 Å². The summed E-state index contributed by atoms with van der Waals surface area (Å²) in [5, 5.41) is 0. The fraction of sp³-hybridized carbons (Fsp3) is 0.407. The molecule has 0 heterocycles. The van der Waals surface area contributed by atoms with Crippen molar-refractivity contribution in [1.29, 1.82) is 0 Å². The smallest absolute Gasteiger partial charge is 0.312 e. The fourth-order valence-corrected chi connectivity index (χ4v) is 4.30. The summed E-state index contributed by atoms with van der Waals surface area (Å²) in [7, 11) is 1.41. The number of hydrogen-bond donors (Lipinski definition) is 0. The molecule has 2 aromatic carbocycles. The summed E-state index contributed by atoms with van der Waals surface area (Å²) >= 11 is 0. The molecule has 31 heavy (non-hydrogen) atoms. The molecule has 1 aliphatic carbocycles. The van der Waals surface area contributed by atoms with Crippen LogP contribution < -0.4 is 0 Å². The summed E-state index contributed by atoms with van der Waals surface area (Å²) in [5.74, 6) is -0.690. The zero-order valence-electron chi connectivity index (χ0n) is 18.3. The second kappa shape index (κ2) is 11.5. The highest BCUT2D eigenvalue weighted by molar-refractivity contribution is 5.84. The molecule has 0 spiro atoms. The summed E-state index contributed by atoms with van der Waals surface area (Å²) in [6, 6.07) is 19.7. The van der Waals surface area contributed by atoms with Gasteiger partial charge in [-0.25, -0.2) is 0 Å². The van der Waals surface area contributed by atoms with Gasteiger partial charge in [0.25, 0.3) is 0 Å². The van der Waals surface area contributed by atoms with Gasteiger partial charge in [0.1, 0.15) is 6.61 Å². The zero-order valence-corrected chi connectivity index (χ0v) is 18.3. The molecule has 4 nitrogen and oxygen atoms in total. The average molecular weight is 421 g/mol. The molecule has 0 aromatic heterocycles. The lowest BCUT2D eigenvalue weighted by molar-refractivity contribution is -0.161. The number of carbonyl (C=O) groups excluding carboxylic acids is 2. The van der Waals surface area contributed by atoms with Gasteiger partial charge in [0.15, 0.2) is 0 Å². The molecule has 3 rings (SSSR count). The first-order chi connectivity index (χ1) is 15.1. The van der Waals surface area contributed by atoms with E-state index in [1.807, 2.05) is 48.5 Å². The van der Waals surface area contributed by atoms with Gasteiger partial charge in [-0.2, -0.15) is 0 Å². The Balaban J connectivity index is 1.78. The normalized spacial score (nSPS) is 15.5. The molecule has 0 amide bonds. The maximum absolute atomic E-state index is 13.1. The molecule has 1 aliphatic rings. The Morgan fingerprint density at radius 2 is 1.61 bits per heavy atom. The Kier molecular flexibility index (Phi) is 8.45. The van der Waals surface area contributed by atoms with Gasteiger partial charge < -0.3 is 9.47 Å². The molecule has 164 valence electrons. The number of benzene rings is 2. The molecule has 2 aromatic rings. The third kappa shape index (κ3) is 6.81. The Morgan fingerprint density at radius 1 is 0.935 bits per heavy atom. The van der Waals surface area contributed by atoms with Crippen molar-refractivity contribution in [2.75, 3.05) is 7.11 Å². The molecule has 0 radical (unpaired) electrons. The Morgan fingerprint density at radius 3 is 2.23 bits per heavy atom. The zero-order chi connectivity index (χ0) is 21.9. The largest absolute Gasteiger partial charge is 0.469 e. The molecule has 1 unspecified atom stereocenters. The highest BCUT2D eigenvalue weighted by Crippen LogP contribution is 2.40. The molecule has 4 heteroatoms. The van der Waals surface area contributed by atoms with Crippen molar-refractivity contribution in [3.05, 3.63) is 83.4 Å². The fourth-order valence-electron chi connectivity index (χ4n) is 4.30. The monoisotopic (exact) mass is 420 g/mol. The quantitative estimate of drug-likeness (QED) is 0.360. The second-order valence-corrected chi connectivity index (χ2v) is 8.37. The minimum atomic E-state index is -0.915. The lowest BCUT2D eigenvalue weighted by Gasteiger charge is -2.32. The van der Waals surface area contributed by atoms with Gasteiger partial charge in [-0.3, -0.25) is 9.59 Å². The maximum atomic E-state index is 13.1. The van der Waals surface area contributed by atoms with E-state index in [4.69, 9.17) is 9.47 Å². The van der Waals surface area contributed by atoms with Gasteiger partial charge in [0.05, 0.1) is 18.9 Å². The molecule has 0 N–H and O–H groups in total. The van der Waals surface area contributed by atoms with Crippen LogP contribution in [0.1, 0.15) is 56.1 Å². The van der Waals surface area contributed by atoms with E-state index in [0.29, 0.717) is 19.3 Å². The summed E-state index contributed by atoms with van der Waals surface area (Å²) in [6.07, 6.45) is 8.37. The second-order valence-electron chi connectivity index (χ2n) is 8.37. The summed E-state index contributed by atoms with van der Waals surface area (Å²) in [5.41, 5.74) is 2.41. The third-order valence-corrected chi connectivity index (χ3v) is 6.03. The van der Waals surface area contributed by atoms with Gasteiger partial charge in [-0.05, 0) is 56.1 Å². The number of methoxy groups -OCH3 is 1. The number of esters is 2. The van der Waals surface area contributed by atoms with Crippen LogP contribution in [0.5, 0.6) is 0 Å². The van der Waals surface area contributed by atoms with Crippen molar-refractivity contribution in [2.45, 2.75) is 58.0 Å². The first-order valence-corrected chi connectivity index (χ1v) is 11.1. The molecule has 0 fully saturated rings. The number of ether oxygens (including phenoxy) is 2. The van der Waals surface area contributed by atoms with Gasteiger partial charge in [-0.1, -0.05) is 72.3 Å². The van der Waals surface area contributed by atoms with Crippen LogP contribution in [0.4, 0.5) is 0 Å². The van der Waals surface area contributed by atoms with Crippen molar-refractivity contribution in [1.82, 2.24) is 0 Å². The minimum Gasteiger partial charge on any atom is -0.469 e. The summed E-state index contributed by atoms with van der Waals surface area (Å²) in [4.78, 5) is 25.9. The molecule has 0 aliphatic heterocycles. The van der Waals surface area contributed by atoms with Crippen molar-refractivity contribution in [3.8, 4) is 0 Å². The number of aryl methyl sites for hydroxylation is 1. The maximum Gasteiger partial charge on any atom is 0.312 e. The Bertz CT molecular complexity index is 873. The Labute approximate surface area is 185 Å². The van der Waals surface area contributed by atoms with Crippen LogP contribution in [0, 0.1) is 5.41 Å². The van der Waals surface area contributed by atoms with Gasteiger partial charge in [-0.15, -0.1) is 0 Å². The van der Waals surface area contributed by atoms with Crippen molar-refractivity contribution in [2.24, 2.45) is 5.41 Å². The van der Waals surface area contributed by atoms with E-state index >= 15 is 0 Å². The Hall–Kier alpha value is -2.88. The van der Waals surface area contributed by atoms with Crippen molar-refractivity contribution >= 4 is 11.9 Å². The third-order valence-electron chi connectivity index (χ3n) is 6.03.